The van der Waals surface area contributed by atoms with Crippen LogP contribution in [0.3, 0.4) is 0 Å². The Kier molecular flexibility index (Phi) is 8.42. The number of hydrogen-bond donors (Lipinski definition) is 1. The summed E-state index contributed by atoms with van der Waals surface area (Å²) >= 11 is 6.62. The van der Waals surface area contributed by atoms with Gasteiger partial charge in [-0.15, -0.1) is 0 Å². The number of nitrogens with one attached hydrogen (secondary N) is 1. The standard InChI is InChI=1S/C19H15Br2F3N2O4/c1-2-29-16(27)10-30-17-14(20)6-11(7-15(17)21)9-25-26-18(28)12-4-3-5-13(8-12)19(22,23)24/h3-9H,2,10H2,1H3,(H,26,28)/b25-9-. The molecule has 1 amide bonds. The molecule has 0 atom stereocenters. The molecule has 0 fully saturated rings. The third kappa shape index (κ3) is 6.84. The second-order valence-corrected chi connectivity index (χ2v) is 7.39. The molecule has 0 aliphatic carbocycles. The fourth-order valence-electron chi connectivity index (χ4n) is 2.19. The van der Waals surface area contributed by atoms with Crippen LogP contribution in [0.1, 0.15) is 28.4 Å². The van der Waals surface area contributed by atoms with Crippen molar-refractivity contribution in [1.82, 2.24) is 5.43 Å². The van der Waals surface area contributed by atoms with Crippen LogP contribution in [0.5, 0.6) is 5.75 Å². The molecule has 2 rings (SSSR count). The Hall–Kier alpha value is -2.40. The Bertz CT molecular complexity index is 942. The van der Waals surface area contributed by atoms with Crippen LogP contribution in [0.2, 0.25) is 0 Å². The first kappa shape index (κ1) is 23.9. The first-order valence-electron chi connectivity index (χ1n) is 8.40. The summed E-state index contributed by atoms with van der Waals surface area (Å²) in [6, 6.07) is 7.25. The summed E-state index contributed by atoms with van der Waals surface area (Å²) in [5.74, 6) is -0.933. The Labute approximate surface area is 186 Å². The molecular formula is C19H15Br2F3N2O4. The molecule has 0 aliphatic rings. The Balaban J connectivity index is 2.04. The first-order chi connectivity index (χ1) is 14.1. The highest BCUT2D eigenvalue weighted by Crippen LogP contribution is 2.34. The van der Waals surface area contributed by atoms with Gasteiger partial charge in [0.2, 0.25) is 0 Å². The average molecular weight is 552 g/mol. The van der Waals surface area contributed by atoms with Crippen molar-refractivity contribution in [3.8, 4) is 5.75 Å². The maximum absolute atomic E-state index is 12.7. The van der Waals surface area contributed by atoms with Gasteiger partial charge in [-0.2, -0.15) is 18.3 Å². The van der Waals surface area contributed by atoms with E-state index < -0.39 is 23.6 Å². The average Bonchev–Trinajstić information content (AvgIpc) is 2.67. The summed E-state index contributed by atoms with van der Waals surface area (Å²) < 4.78 is 49.4. The molecule has 2 aromatic rings. The molecule has 0 aromatic heterocycles. The van der Waals surface area contributed by atoms with Gasteiger partial charge in [0.25, 0.3) is 5.91 Å². The van der Waals surface area contributed by atoms with Gasteiger partial charge in [0, 0.05) is 5.56 Å². The van der Waals surface area contributed by atoms with Gasteiger partial charge < -0.3 is 9.47 Å². The fourth-order valence-corrected chi connectivity index (χ4v) is 3.64. The van der Waals surface area contributed by atoms with Crippen LogP contribution in [0.25, 0.3) is 0 Å². The van der Waals surface area contributed by atoms with Crippen molar-refractivity contribution >= 4 is 50.0 Å². The SMILES string of the molecule is CCOC(=O)COc1c(Br)cc(/C=N\NC(=O)c2cccc(C(F)(F)F)c2)cc1Br. The lowest BCUT2D eigenvalue weighted by atomic mass is 10.1. The van der Waals surface area contributed by atoms with Crippen LogP contribution < -0.4 is 10.2 Å². The third-order valence-electron chi connectivity index (χ3n) is 3.49. The first-order valence-corrected chi connectivity index (χ1v) is 9.98. The molecule has 1 N–H and O–H groups in total. The second kappa shape index (κ2) is 10.6. The monoisotopic (exact) mass is 550 g/mol. The van der Waals surface area contributed by atoms with E-state index in [1.807, 2.05) is 0 Å². The highest BCUT2D eigenvalue weighted by atomic mass is 79.9. The van der Waals surface area contributed by atoms with Crippen LogP contribution in [0.15, 0.2) is 50.4 Å². The van der Waals surface area contributed by atoms with E-state index in [9.17, 15) is 22.8 Å². The zero-order chi connectivity index (χ0) is 22.3. The Morgan fingerprint density at radius 3 is 2.43 bits per heavy atom. The normalized spacial score (nSPS) is 11.4. The number of amides is 1. The maximum Gasteiger partial charge on any atom is 0.416 e. The Morgan fingerprint density at radius 1 is 1.17 bits per heavy atom. The number of alkyl halides is 3. The minimum Gasteiger partial charge on any atom is -0.480 e. The van der Waals surface area contributed by atoms with Crippen molar-refractivity contribution in [1.29, 1.82) is 0 Å². The van der Waals surface area contributed by atoms with E-state index in [0.29, 0.717) is 20.3 Å². The number of benzene rings is 2. The fraction of sp³-hybridized carbons (Fsp3) is 0.211. The molecule has 160 valence electrons. The number of rotatable bonds is 7. The zero-order valence-corrected chi connectivity index (χ0v) is 18.6. The molecule has 0 bridgehead atoms. The van der Waals surface area contributed by atoms with E-state index in [0.717, 1.165) is 18.2 Å². The van der Waals surface area contributed by atoms with Crippen LogP contribution in [0.4, 0.5) is 13.2 Å². The number of halogens is 5. The van der Waals surface area contributed by atoms with Crippen molar-refractivity contribution in [2.75, 3.05) is 13.2 Å². The summed E-state index contributed by atoms with van der Waals surface area (Å²) in [6.07, 6.45) is -3.24. The number of hydrazone groups is 1. The number of ether oxygens (including phenoxy) is 2. The molecule has 0 spiro atoms. The Morgan fingerprint density at radius 2 is 1.83 bits per heavy atom. The van der Waals surface area contributed by atoms with Crippen molar-refractivity contribution in [2.24, 2.45) is 5.10 Å². The van der Waals surface area contributed by atoms with Gasteiger partial charge in [-0.05, 0) is 74.7 Å². The molecule has 0 saturated carbocycles. The van der Waals surface area contributed by atoms with Crippen molar-refractivity contribution in [3.63, 3.8) is 0 Å². The summed E-state index contributed by atoms with van der Waals surface area (Å²) in [7, 11) is 0. The molecule has 0 aliphatic heterocycles. The molecule has 0 saturated heterocycles. The third-order valence-corrected chi connectivity index (χ3v) is 4.67. The molecular weight excluding hydrogens is 537 g/mol. The molecule has 0 heterocycles. The van der Waals surface area contributed by atoms with Gasteiger partial charge in [-0.25, -0.2) is 10.2 Å². The second-order valence-electron chi connectivity index (χ2n) is 5.69. The molecule has 2 aromatic carbocycles. The van der Waals surface area contributed by atoms with Gasteiger partial charge in [0.05, 0.1) is 27.3 Å². The van der Waals surface area contributed by atoms with Crippen molar-refractivity contribution in [2.45, 2.75) is 13.1 Å². The topological polar surface area (TPSA) is 77.0 Å². The van der Waals surface area contributed by atoms with Crippen molar-refractivity contribution < 1.29 is 32.2 Å². The number of esters is 1. The van der Waals surface area contributed by atoms with E-state index in [1.54, 1.807) is 19.1 Å². The minimum absolute atomic E-state index is 0.174. The van der Waals surface area contributed by atoms with Crippen LogP contribution >= 0.6 is 31.9 Å². The van der Waals surface area contributed by atoms with Gasteiger partial charge in [-0.1, -0.05) is 6.07 Å². The smallest absolute Gasteiger partial charge is 0.416 e. The number of nitrogens with zero attached hydrogens (tertiary/aromatic N) is 1. The van der Waals surface area contributed by atoms with Crippen LogP contribution in [-0.2, 0) is 15.7 Å². The molecule has 30 heavy (non-hydrogen) atoms. The largest absolute Gasteiger partial charge is 0.480 e. The highest BCUT2D eigenvalue weighted by molar-refractivity contribution is 9.11. The summed E-state index contributed by atoms with van der Waals surface area (Å²) in [6.45, 7) is 1.65. The zero-order valence-electron chi connectivity index (χ0n) is 15.4. The van der Waals surface area contributed by atoms with Crippen LogP contribution in [-0.4, -0.2) is 31.3 Å². The highest BCUT2D eigenvalue weighted by Gasteiger charge is 2.30. The van der Waals surface area contributed by atoms with E-state index in [4.69, 9.17) is 9.47 Å². The predicted octanol–water partition coefficient (Wildman–Crippen LogP) is 4.94. The van der Waals surface area contributed by atoms with E-state index in [-0.39, 0.29) is 18.8 Å². The quantitative estimate of drug-likeness (QED) is 0.300. The van der Waals surface area contributed by atoms with Gasteiger partial charge in [-0.3, -0.25) is 4.79 Å². The molecule has 0 unspecified atom stereocenters. The van der Waals surface area contributed by atoms with Gasteiger partial charge in [0.1, 0.15) is 5.75 Å². The van der Waals surface area contributed by atoms with Gasteiger partial charge in [0.15, 0.2) is 6.61 Å². The van der Waals surface area contributed by atoms with Crippen molar-refractivity contribution in [3.05, 3.63) is 62.0 Å². The van der Waals surface area contributed by atoms with Gasteiger partial charge >= 0.3 is 12.1 Å². The lowest BCUT2D eigenvalue weighted by Gasteiger charge is -2.10. The van der Waals surface area contributed by atoms with E-state index in [2.05, 4.69) is 42.4 Å². The predicted molar refractivity (Wildman–Crippen MR) is 110 cm³/mol. The molecule has 11 heteroatoms. The van der Waals surface area contributed by atoms with Crippen LogP contribution in [0, 0.1) is 0 Å². The number of hydrogen-bond acceptors (Lipinski definition) is 5. The summed E-state index contributed by atoms with van der Waals surface area (Å²) in [5.41, 5.74) is 1.62. The lowest BCUT2D eigenvalue weighted by Crippen LogP contribution is -2.18. The lowest BCUT2D eigenvalue weighted by molar-refractivity contribution is -0.145. The molecule has 0 radical (unpaired) electrons. The summed E-state index contributed by atoms with van der Waals surface area (Å²) in [4.78, 5) is 23.4. The number of carbonyl (C=O) groups is 2. The summed E-state index contributed by atoms with van der Waals surface area (Å²) in [5, 5.41) is 3.76. The van der Waals surface area contributed by atoms with E-state index >= 15 is 0 Å². The maximum atomic E-state index is 12.7. The molecule has 6 nitrogen and oxygen atoms in total. The number of carbonyl (C=O) groups excluding carboxylic acids is 2. The van der Waals surface area contributed by atoms with E-state index in [1.165, 1.54) is 12.3 Å². The minimum atomic E-state index is -4.55.